The highest BCUT2D eigenvalue weighted by atomic mass is 32.2. The lowest BCUT2D eigenvalue weighted by atomic mass is 10.1. The Morgan fingerprint density at radius 1 is 1.33 bits per heavy atom. The normalized spacial score (nSPS) is 18.0. The molecule has 1 aromatic rings. The molecule has 24 heavy (non-hydrogen) atoms. The van der Waals surface area contributed by atoms with E-state index < -0.39 is 10.0 Å². The second kappa shape index (κ2) is 8.60. The Hall–Kier alpha value is -1.44. The first-order valence-electron chi connectivity index (χ1n) is 8.34. The van der Waals surface area contributed by atoms with Gasteiger partial charge in [0.25, 0.3) is 0 Å². The fourth-order valence-corrected chi connectivity index (χ4v) is 3.54. The van der Waals surface area contributed by atoms with E-state index >= 15 is 0 Å². The van der Waals surface area contributed by atoms with Crippen LogP contribution in [0, 0.1) is 0 Å². The molecule has 1 atom stereocenters. The third-order valence-corrected chi connectivity index (χ3v) is 5.40. The monoisotopic (exact) mass is 354 g/mol. The summed E-state index contributed by atoms with van der Waals surface area (Å²) in [7, 11) is -3.36. The first-order chi connectivity index (χ1) is 11.4. The number of amides is 1. The number of carbonyl (C=O) groups is 1. The van der Waals surface area contributed by atoms with E-state index in [0.717, 1.165) is 24.9 Å². The molecule has 1 aliphatic rings. The largest absolute Gasteiger partial charge is 0.377 e. The molecule has 1 aliphatic heterocycles. The van der Waals surface area contributed by atoms with Crippen molar-refractivity contribution in [2.45, 2.75) is 38.7 Å². The molecule has 0 bridgehead atoms. The molecule has 0 aromatic heterocycles. The molecule has 0 saturated carbocycles. The molecule has 7 heteroatoms. The van der Waals surface area contributed by atoms with Crippen LogP contribution in [0.3, 0.4) is 0 Å². The molecule has 134 valence electrons. The molecule has 1 N–H and O–H groups in total. The first kappa shape index (κ1) is 18.9. The number of anilines is 1. The molecule has 2 rings (SSSR count). The number of nitrogens with one attached hydrogen (secondary N) is 1. The van der Waals surface area contributed by atoms with E-state index in [4.69, 9.17) is 4.74 Å². The van der Waals surface area contributed by atoms with E-state index in [1.165, 1.54) is 16.1 Å². The van der Waals surface area contributed by atoms with Crippen molar-refractivity contribution in [2.24, 2.45) is 0 Å². The van der Waals surface area contributed by atoms with Crippen LogP contribution in [0.5, 0.6) is 0 Å². The molecular formula is C17H26N2O4S. The average molecular weight is 354 g/mol. The first-order valence-corrected chi connectivity index (χ1v) is 10.2. The highest BCUT2D eigenvalue weighted by molar-refractivity contribution is 7.88. The summed E-state index contributed by atoms with van der Waals surface area (Å²) in [4.78, 5) is 12.1. The number of ether oxygens (including phenoxy) is 1. The summed E-state index contributed by atoms with van der Waals surface area (Å²) in [6, 6.07) is 7.65. The SMILES string of the molecule is CCc1ccc(NC(=O)CCN(CC2CCCO2)S(C)(=O)=O)cc1. The quantitative estimate of drug-likeness (QED) is 0.775. The van der Waals surface area contributed by atoms with Crippen LogP contribution in [0.2, 0.25) is 0 Å². The van der Waals surface area contributed by atoms with Crippen LogP contribution in [0.25, 0.3) is 0 Å². The fourth-order valence-electron chi connectivity index (χ4n) is 2.68. The molecule has 1 fully saturated rings. The predicted molar refractivity (Wildman–Crippen MR) is 94.5 cm³/mol. The van der Waals surface area contributed by atoms with E-state index in [1.54, 1.807) is 0 Å². The van der Waals surface area contributed by atoms with Crippen LogP contribution in [0.1, 0.15) is 31.7 Å². The van der Waals surface area contributed by atoms with E-state index in [2.05, 4.69) is 12.2 Å². The molecule has 0 radical (unpaired) electrons. The van der Waals surface area contributed by atoms with E-state index in [0.29, 0.717) is 13.2 Å². The number of carbonyl (C=O) groups excluding carboxylic acids is 1. The van der Waals surface area contributed by atoms with Gasteiger partial charge in [-0.25, -0.2) is 8.42 Å². The van der Waals surface area contributed by atoms with Crippen LogP contribution in [0.15, 0.2) is 24.3 Å². The Bertz CT molecular complexity index is 637. The van der Waals surface area contributed by atoms with Gasteiger partial charge in [0.05, 0.1) is 12.4 Å². The van der Waals surface area contributed by atoms with Crippen molar-refractivity contribution in [1.82, 2.24) is 4.31 Å². The molecule has 6 nitrogen and oxygen atoms in total. The van der Waals surface area contributed by atoms with Gasteiger partial charge in [-0.3, -0.25) is 4.79 Å². The molecule has 1 amide bonds. The van der Waals surface area contributed by atoms with Crippen LogP contribution in [-0.4, -0.2) is 50.7 Å². The number of benzene rings is 1. The number of sulfonamides is 1. The van der Waals surface area contributed by atoms with Gasteiger partial charge in [0.1, 0.15) is 0 Å². The summed E-state index contributed by atoms with van der Waals surface area (Å²) in [6.07, 6.45) is 3.99. The van der Waals surface area contributed by atoms with E-state index in [1.807, 2.05) is 24.3 Å². The lowest BCUT2D eigenvalue weighted by Crippen LogP contribution is -2.38. The minimum atomic E-state index is -3.36. The van der Waals surface area contributed by atoms with Gasteiger partial charge in [-0.1, -0.05) is 19.1 Å². The number of rotatable bonds is 8. The maximum Gasteiger partial charge on any atom is 0.225 e. The molecule has 1 aromatic carbocycles. The zero-order chi connectivity index (χ0) is 17.6. The summed E-state index contributed by atoms with van der Waals surface area (Å²) < 4.78 is 30.6. The number of nitrogens with zero attached hydrogens (tertiary/aromatic N) is 1. The smallest absolute Gasteiger partial charge is 0.225 e. The van der Waals surface area contributed by atoms with Gasteiger partial charge in [-0.05, 0) is 37.0 Å². The van der Waals surface area contributed by atoms with Crippen molar-refractivity contribution in [1.29, 1.82) is 0 Å². The fraction of sp³-hybridized carbons (Fsp3) is 0.588. The lowest BCUT2D eigenvalue weighted by Gasteiger charge is -2.22. The highest BCUT2D eigenvalue weighted by Gasteiger charge is 2.25. The van der Waals surface area contributed by atoms with E-state index in [-0.39, 0.29) is 25.0 Å². The Kier molecular flexibility index (Phi) is 6.77. The van der Waals surface area contributed by atoms with Gasteiger partial charge in [0.2, 0.25) is 15.9 Å². The maximum absolute atomic E-state index is 12.1. The topological polar surface area (TPSA) is 75.7 Å². The van der Waals surface area contributed by atoms with Gasteiger partial charge < -0.3 is 10.1 Å². The van der Waals surface area contributed by atoms with Gasteiger partial charge in [0.15, 0.2) is 0 Å². The van der Waals surface area contributed by atoms with Gasteiger partial charge >= 0.3 is 0 Å². The predicted octanol–water partition coefficient (Wildman–Crippen LogP) is 2.02. The maximum atomic E-state index is 12.1. The Morgan fingerprint density at radius 3 is 2.58 bits per heavy atom. The van der Waals surface area contributed by atoms with Crippen molar-refractivity contribution < 1.29 is 17.9 Å². The summed E-state index contributed by atoms with van der Waals surface area (Å²) in [6.45, 7) is 3.23. The van der Waals surface area contributed by atoms with Crippen LogP contribution in [-0.2, 0) is 26.0 Å². The molecule has 0 aliphatic carbocycles. The van der Waals surface area contributed by atoms with Gasteiger partial charge in [-0.15, -0.1) is 0 Å². The second-order valence-corrected chi connectivity index (χ2v) is 8.09. The standard InChI is InChI=1S/C17H26N2O4S/c1-3-14-6-8-15(9-7-14)18-17(20)10-11-19(24(2,21)22)13-16-5-4-12-23-16/h6-9,16H,3-5,10-13H2,1-2H3,(H,18,20). The number of hydrogen-bond donors (Lipinski definition) is 1. The summed E-state index contributed by atoms with van der Waals surface area (Å²) in [5.74, 6) is -0.194. The van der Waals surface area contributed by atoms with Crippen LogP contribution < -0.4 is 5.32 Å². The molecular weight excluding hydrogens is 328 g/mol. The highest BCUT2D eigenvalue weighted by Crippen LogP contribution is 2.15. The Labute approximate surface area is 144 Å². The van der Waals surface area contributed by atoms with Gasteiger partial charge in [0, 0.05) is 31.8 Å². The van der Waals surface area contributed by atoms with Gasteiger partial charge in [-0.2, -0.15) is 4.31 Å². The minimum absolute atomic E-state index is 0.0654. The van der Waals surface area contributed by atoms with Crippen molar-refractivity contribution in [3.63, 3.8) is 0 Å². The van der Waals surface area contributed by atoms with Crippen LogP contribution in [0.4, 0.5) is 5.69 Å². The van der Waals surface area contributed by atoms with E-state index in [9.17, 15) is 13.2 Å². The third-order valence-electron chi connectivity index (χ3n) is 4.13. The number of aryl methyl sites for hydroxylation is 1. The Morgan fingerprint density at radius 2 is 2.04 bits per heavy atom. The molecule has 0 spiro atoms. The molecule has 1 heterocycles. The van der Waals surface area contributed by atoms with Crippen molar-refractivity contribution >= 4 is 21.6 Å². The van der Waals surface area contributed by atoms with Crippen molar-refractivity contribution in [2.75, 3.05) is 31.3 Å². The second-order valence-electron chi connectivity index (χ2n) is 6.10. The summed E-state index contributed by atoms with van der Waals surface area (Å²) in [5, 5.41) is 2.80. The van der Waals surface area contributed by atoms with Crippen molar-refractivity contribution in [3.05, 3.63) is 29.8 Å². The third kappa shape index (κ3) is 5.89. The van der Waals surface area contributed by atoms with Crippen molar-refractivity contribution in [3.8, 4) is 0 Å². The summed E-state index contributed by atoms with van der Waals surface area (Å²) >= 11 is 0. The molecule has 1 saturated heterocycles. The minimum Gasteiger partial charge on any atom is -0.377 e. The zero-order valence-electron chi connectivity index (χ0n) is 14.3. The lowest BCUT2D eigenvalue weighted by molar-refractivity contribution is -0.116. The van der Waals surface area contributed by atoms with Crippen LogP contribution >= 0.6 is 0 Å². The number of hydrogen-bond acceptors (Lipinski definition) is 4. The zero-order valence-corrected chi connectivity index (χ0v) is 15.1. The Balaban J connectivity index is 1.86. The average Bonchev–Trinajstić information content (AvgIpc) is 3.04. The summed E-state index contributed by atoms with van der Waals surface area (Å²) in [5.41, 5.74) is 1.93. The molecule has 1 unspecified atom stereocenters.